The lowest BCUT2D eigenvalue weighted by atomic mass is 9.96. The fourth-order valence-corrected chi connectivity index (χ4v) is 4.40. The second-order valence-corrected chi connectivity index (χ2v) is 8.57. The van der Waals surface area contributed by atoms with E-state index >= 15 is 0 Å². The van der Waals surface area contributed by atoms with Crippen LogP contribution >= 0.6 is 11.3 Å². The summed E-state index contributed by atoms with van der Waals surface area (Å²) in [7, 11) is 0. The first-order valence-corrected chi connectivity index (χ1v) is 10.7. The molecule has 1 atom stereocenters. The van der Waals surface area contributed by atoms with Gasteiger partial charge in [-0.2, -0.15) is 0 Å². The molecule has 2 aromatic carbocycles. The van der Waals surface area contributed by atoms with Gasteiger partial charge in [-0.1, -0.05) is 54.6 Å². The summed E-state index contributed by atoms with van der Waals surface area (Å²) in [6.07, 6.45) is 0.618. The zero-order chi connectivity index (χ0) is 20.2. The number of benzene rings is 2. The van der Waals surface area contributed by atoms with Crippen molar-refractivity contribution in [3.63, 3.8) is 0 Å². The first-order valence-electron chi connectivity index (χ1n) is 9.86. The molecule has 3 aromatic rings. The first-order chi connectivity index (χ1) is 14.1. The van der Waals surface area contributed by atoms with Gasteiger partial charge < -0.3 is 10.2 Å². The highest BCUT2D eigenvalue weighted by Gasteiger charge is 2.28. The second kappa shape index (κ2) is 8.62. The van der Waals surface area contributed by atoms with E-state index in [-0.39, 0.29) is 17.7 Å². The minimum Gasteiger partial charge on any atom is -0.354 e. The predicted molar refractivity (Wildman–Crippen MR) is 117 cm³/mol. The van der Waals surface area contributed by atoms with Gasteiger partial charge >= 0.3 is 0 Å². The van der Waals surface area contributed by atoms with E-state index in [1.165, 1.54) is 5.56 Å². The quantitative estimate of drug-likeness (QED) is 0.710. The summed E-state index contributed by atoms with van der Waals surface area (Å²) in [5, 5.41) is 4.86. The molecule has 0 aliphatic carbocycles. The smallest absolute Gasteiger partial charge is 0.254 e. The van der Waals surface area contributed by atoms with Gasteiger partial charge in [-0.3, -0.25) is 9.59 Å². The predicted octanol–water partition coefficient (Wildman–Crippen LogP) is 4.15. The van der Waals surface area contributed by atoms with E-state index in [1.54, 1.807) is 11.3 Å². The first kappa shape index (κ1) is 19.4. The Kier molecular flexibility index (Phi) is 5.76. The van der Waals surface area contributed by atoms with Gasteiger partial charge in [0, 0.05) is 29.9 Å². The van der Waals surface area contributed by atoms with Gasteiger partial charge in [-0.05, 0) is 36.1 Å². The van der Waals surface area contributed by atoms with E-state index in [9.17, 15) is 9.59 Å². The van der Waals surface area contributed by atoms with E-state index in [2.05, 4.69) is 41.7 Å². The van der Waals surface area contributed by atoms with Gasteiger partial charge in [0.05, 0.1) is 11.5 Å². The highest BCUT2D eigenvalue weighted by molar-refractivity contribution is 7.10. The molecule has 29 heavy (non-hydrogen) atoms. The van der Waals surface area contributed by atoms with Crippen molar-refractivity contribution in [2.24, 2.45) is 5.92 Å². The van der Waals surface area contributed by atoms with Crippen LogP contribution in [0.2, 0.25) is 0 Å². The molecule has 5 heteroatoms. The standard InChI is InChI=1S/C24H24N2O2S/c1-17-13-22(16-29-17)24(28)26-12-11-25-23(27)21(15-26)14-18-7-9-20(10-8-18)19-5-3-2-4-6-19/h2-10,13,16,21H,11-12,14-15H2,1H3,(H,25,27)/t21-/m0/s1. The molecule has 0 spiro atoms. The van der Waals surface area contributed by atoms with Gasteiger partial charge in [-0.25, -0.2) is 0 Å². The molecule has 4 rings (SSSR count). The topological polar surface area (TPSA) is 49.4 Å². The van der Waals surface area contributed by atoms with Crippen molar-refractivity contribution >= 4 is 23.2 Å². The SMILES string of the molecule is Cc1cc(C(=O)N2CCNC(=O)[C@@H](Cc3ccc(-c4ccccc4)cc3)C2)cs1. The van der Waals surface area contributed by atoms with Crippen LogP contribution in [0.4, 0.5) is 0 Å². The van der Waals surface area contributed by atoms with E-state index in [1.807, 2.05) is 41.5 Å². The number of rotatable bonds is 4. The van der Waals surface area contributed by atoms with Crippen LogP contribution in [0, 0.1) is 12.8 Å². The van der Waals surface area contributed by atoms with Crippen molar-refractivity contribution < 1.29 is 9.59 Å². The molecular weight excluding hydrogens is 380 g/mol. The summed E-state index contributed by atoms with van der Waals surface area (Å²) >= 11 is 1.58. The number of amides is 2. The van der Waals surface area contributed by atoms with E-state index in [0.717, 1.165) is 16.0 Å². The molecule has 0 saturated carbocycles. The third-order valence-corrected chi connectivity index (χ3v) is 6.16. The van der Waals surface area contributed by atoms with E-state index in [4.69, 9.17) is 0 Å². The molecular formula is C24H24N2O2S. The molecule has 4 nitrogen and oxygen atoms in total. The molecule has 1 fully saturated rings. The van der Waals surface area contributed by atoms with Crippen LogP contribution < -0.4 is 5.32 Å². The third-order valence-electron chi connectivity index (χ3n) is 5.30. The summed E-state index contributed by atoms with van der Waals surface area (Å²) < 4.78 is 0. The molecule has 0 unspecified atom stereocenters. The van der Waals surface area contributed by atoms with Crippen molar-refractivity contribution in [3.05, 3.63) is 82.0 Å². The molecule has 1 aromatic heterocycles. The maximum atomic E-state index is 12.9. The van der Waals surface area contributed by atoms with Crippen LogP contribution in [0.1, 0.15) is 20.8 Å². The Bertz CT molecular complexity index is 995. The minimum atomic E-state index is -0.247. The number of aryl methyl sites for hydroxylation is 1. The number of nitrogens with zero attached hydrogens (tertiary/aromatic N) is 1. The molecule has 2 heterocycles. The minimum absolute atomic E-state index is 0.00951. The summed E-state index contributed by atoms with van der Waals surface area (Å²) in [5.74, 6) is -0.215. The van der Waals surface area contributed by atoms with E-state index < -0.39 is 0 Å². The van der Waals surface area contributed by atoms with Gasteiger partial charge in [-0.15, -0.1) is 11.3 Å². The van der Waals surface area contributed by atoms with Crippen LogP contribution in [-0.2, 0) is 11.2 Å². The van der Waals surface area contributed by atoms with Crippen molar-refractivity contribution in [3.8, 4) is 11.1 Å². The van der Waals surface area contributed by atoms with Crippen LogP contribution in [-0.4, -0.2) is 36.3 Å². The summed E-state index contributed by atoms with van der Waals surface area (Å²) in [6, 6.07) is 20.5. The Balaban J connectivity index is 1.47. The molecule has 148 valence electrons. The lowest BCUT2D eigenvalue weighted by molar-refractivity contribution is -0.124. The Labute approximate surface area is 175 Å². The summed E-state index contributed by atoms with van der Waals surface area (Å²) in [5.41, 5.74) is 4.15. The fourth-order valence-electron chi connectivity index (χ4n) is 3.73. The highest BCUT2D eigenvalue weighted by Crippen LogP contribution is 2.22. The Morgan fingerprint density at radius 1 is 1.10 bits per heavy atom. The summed E-state index contributed by atoms with van der Waals surface area (Å²) in [4.78, 5) is 28.4. The van der Waals surface area contributed by atoms with Crippen LogP contribution in [0.3, 0.4) is 0 Å². The normalized spacial score (nSPS) is 16.9. The van der Waals surface area contributed by atoms with Crippen LogP contribution in [0.15, 0.2) is 66.0 Å². The van der Waals surface area contributed by atoms with Crippen molar-refractivity contribution in [1.82, 2.24) is 10.2 Å². The van der Waals surface area contributed by atoms with Gasteiger partial charge in [0.2, 0.25) is 5.91 Å². The van der Waals surface area contributed by atoms with Gasteiger partial charge in [0.15, 0.2) is 0 Å². The number of carbonyl (C=O) groups is 2. The molecule has 1 saturated heterocycles. The number of thiophene rings is 1. The fraction of sp³-hybridized carbons (Fsp3) is 0.250. The lowest BCUT2D eigenvalue weighted by Crippen LogP contribution is -2.37. The van der Waals surface area contributed by atoms with E-state index in [0.29, 0.717) is 31.6 Å². The number of hydrogen-bond acceptors (Lipinski definition) is 3. The Hall–Kier alpha value is -2.92. The van der Waals surface area contributed by atoms with Gasteiger partial charge in [0.25, 0.3) is 5.91 Å². The molecule has 1 aliphatic rings. The van der Waals surface area contributed by atoms with Crippen LogP contribution in [0.25, 0.3) is 11.1 Å². The zero-order valence-electron chi connectivity index (χ0n) is 16.4. The maximum absolute atomic E-state index is 12.9. The number of nitrogens with one attached hydrogen (secondary N) is 1. The van der Waals surface area contributed by atoms with Crippen molar-refractivity contribution in [1.29, 1.82) is 0 Å². The summed E-state index contributed by atoms with van der Waals surface area (Å²) in [6.45, 7) is 3.48. The number of hydrogen-bond donors (Lipinski definition) is 1. The largest absolute Gasteiger partial charge is 0.354 e. The monoisotopic (exact) mass is 404 g/mol. The van der Waals surface area contributed by atoms with Crippen molar-refractivity contribution in [2.75, 3.05) is 19.6 Å². The molecule has 1 N–H and O–H groups in total. The van der Waals surface area contributed by atoms with Gasteiger partial charge in [0.1, 0.15) is 0 Å². The molecule has 1 aliphatic heterocycles. The molecule has 2 amide bonds. The Morgan fingerprint density at radius 3 is 2.52 bits per heavy atom. The van der Waals surface area contributed by atoms with Crippen LogP contribution in [0.5, 0.6) is 0 Å². The number of carbonyl (C=O) groups excluding carboxylic acids is 2. The maximum Gasteiger partial charge on any atom is 0.254 e. The average molecular weight is 405 g/mol. The molecule has 0 radical (unpaired) electrons. The molecule has 0 bridgehead atoms. The second-order valence-electron chi connectivity index (χ2n) is 7.45. The highest BCUT2D eigenvalue weighted by atomic mass is 32.1. The third kappa shape index (κ3) is 4.57. The average Bonchev–Trinajstić information content (AvgIpc) is 3.10. The Morgan fingerprint density at radius 2 is 1.83 bits per heavy atom. The lowest BCUT2D eigenvalue weighted by Gasteiger charge is -2.23. The van der Waals surface area contributed by atoms with Crippen molar-refractivity contribution in [2.45, 2.75) is 13.3 Å². The zero-order valence-corrected chi connectivity index (χ0v) is 17.2.